The molecule has 4 aromatic rings. The van der Waals surface area contributed by atoms with E-state index in [0.717, 1.165) is 66.0 Å². The van der Waals surface area contributed by atoms with Gasteiger partial charge in [-0.25, -0.2) is 5.84 Å². The Kier molecular flexibility index (Phi) is 17.6. The van der Waals surface area contributed by atoms with Crippen LogP contribution in [0.15, 0.2) is 90.4 Å². The normalized spacial score (nSPS) is 13.6. The minimum Gasteiger partial charge on any atom is -0.471 e. The van der Waals surface area contributed by atoms with Crippen molar-refractivity contribution in [1.82, 2.24) is 20.6 Å². The average Bonchev–Trinajstić information content (AvgIpc) is 3.17. The van der Waals surface area contributed by atoms with Gasteiger partial charge in [0.15, 0.2) is 0 Å². The van der Waals surface area contributed by atoms with E-state index in [-0.39, 0.29) is 11.9 Å². The molecule has 0 unspecified atom stereocenters. The summed E-state index contributed by atoms with van der Waals surface area (Å²) in [6, 6.07) is 18.9. The van der Waals surface area contributed by atoms with Gasteiger partial charge < -0.3 is 31.8 Å². The molecule has 2 aromatic heterocycles. The van der Waals surface area contributed by atoms with Gasteiger partial charge in [0.25, 0.3) is 6.47 Å². The first kappa shape index (κ1) is 40.4. The summed E-state index contributed by atoms with van der Waals surface area (Å²) in [5.41, 5.74) is 7.26. The third kappa shape index (κ3) is 13.4. The van der Waals surface area contributed by atoms with E-state index in [2.05, 4.69) is 65.3 Å². The summed E-state index contributed by atoms with van der Waals surface area (Å²) in [6.07, 6.45) is 14.3. The van der Waals surface area contributed by atoms with Crippen LogP contribution in [0.1, 0.15) is 48.5 Å². The van der Waals surface area contributed by atoms with Crippen molar-refractivity contribution in [3.05, 3.63) is 107 Å². The average molecular weight is 729 g/mol. The number of hydrogen-bond acceptors (Lipinski definition) is 11. The number of amides is 2. The second-order valence-electron chi connectivity index (χ2n) is 11.2. The molecular formula is C37H45ClN10O4. The van der Waals surface area contributed by atoms with Crippen LogP contribution < -0.4 is 38.0 Å². The number of nitrogens with one attached hydrogen (secondary N) is 4. The van der Waals surface area contributed by atoms with Crippen molar-refractivity contribution in [1.29, 1.82) is 0 Å². The predicted octanol–water partition coefficient (Wildman–Crippen LogP) is 5.00. The standard InChI is InChI=1S/C28H33ClN8O.C7H8N2O.C2H4O2/c1-32-23-8-9-24-20-13-21(17-33-16-20)25(5-3-2-4-12-34-26(24)15-23)36-28(38)11-6-19-14-22(29)7-10-27(19)37(31)18-35-30;10-6-8-5-7-3-1-2-4-9-7;1-4-2-3/h6-11,13-18,25,32,34H,2-5,12,30-31H2,1H3,(H,36,38);1-4,6H,5H2,(H,8,10);2H,1H3/b11-6+,35-18-;;/t25-;;/m0../s1. The van der Waals surface area contributed by atoms with Gasteiger partial charge in [-0.3, -0.25) is 29.4 Å². The van der Waals surface area contributed by atoms with Crippen LogP contribution in [0, 0.1) is 0 Å². The molecule has 0 radical (unpaired) electrons. The quantitative estimate of drug-likeness (QED) is 0.0320. The molecule has 2 amide bonds. The van der Waals surface area contributed by atoms with Crippen LogP contribution in [0.5, 0.6) is 0 Å². The Morgan fingerprint density at radius 3 is 2.65 bits per heavy atom. The maximum absolute atomic E-state index is 13.1. The number of carbonyl (C=O) groups is 3. The lowest BCUT2D eigenvalue weighted by atomic mass is 9.96. The van der Waals surface area contributed by atoms with E-state index in [9.17, 15) is 9.59 Å². The molecule has 5 rings (SSSR count). The number of halogens is 1. The Balaban J connectivity index is 0.000000436. The molecule has 1 atom stereocenters. The number of nitrogens with two attached hydrogens (primary N) is 2. The van der Waals surface area contributed by atoms with E-state index in [4.69, 9.17) is 28.1 Å². The number of rotatable bonds is 10. The minimum atomic E-state index is -0.227. The van der Waals surface area contributed by atoms with Gasteiger partial charge in [-0.05, 0) is 73.0 Å². The first-order valence-corrected chi connectivity index (χ1v) is 16.8. The molecule has 0 saturated heterocycles. The van der Waals surface area contributed by atoms with Crippen molar-refractivity contribution in [3.63, 3.8) is 0 Å². The Morgan fingerprint density at radius 1 is 1.12 bits per heavy atom. The van der Waals surface area contributed by atoms with Crippen LogP contribution >= 0.6 is 11.6 Å². The summed E-state index contributed by atoms with van der Waals surface area (Å²) in [7, 11) is 3.22. The molecule has 3 heterocycles. The predicted molar refractivity (Wildman–Crippen MR) is 207 cm³/mol. The Labute approximate surface area is 308 Å². The number of ether oxygens (including phenoxy) is 1. The van der Waals surface area contributed by atoms with E-state index in [1.54, 1.807) is 30.5 Å². The molecule has 0 saturated carbocycles. The second-order valence-corrected chi connectivity index (χ2v) is 11.7. The molecule has 274 valence electrons. The lowest BCUT2D eigenvalue weighted by Crippen LogP contribution is -2.30. The van der Waals surface area contributed by atoms with Gasteiger partial charge in [0, 0.05) is 71.3 Å². The Bertz CT molecular complexity index is 1770. The second kappa shape index (κ2) is 22.7. The molecule has 0 aliphatic carbocycles. The van der Waals surface area contributed by atoms with Gasteiger partial charge in [-0.15, -0.1) is 0 Å². The number of fused-ring (bicyclic) bond motifs is 4. The Hall–Kier alpha value is -5.99. The van der Waals surface area contributed by atoms with Crippen molar-refractivity contribution < 1.29 is 19.1 Å². The van der Waals surface area contributed by atoms with E-state index in [1.165, 1.54) is 24.5 Å². The summed E-state index contributed by atoms with van der Waals surface area (Å²) < 4.78 is 3.86. The number of nitrogens with zero attached hydrogens (tertiary/aromatic N) is 4. The summed E-state index contributed by atoms with van der Waals surface area (Å²) in [5, 5.41) is 17.7. The largest absolute Gasteiger partial charge is 0.471 e. The third-order valence-electron chi connectivity index (χ3n) is 7.64. The topological polar surface area (TPSA) is 202 Å². The lowest BCUT2D eigenvalue weighted by Gasteiger charge is -2.21. The van der Waals surface area contributed by atoms with E-state index < -0.39 is 0 Å². The zero-order valence-corrected chi connectivity index (χ0v) is 29.9. The number of anilines is 3. The molecule has 0 spiro atoms. The molecule has 15 heteroatoms. The molecule has 14 nitrogen and oxygen atoms in total. The molecule has 2 aromatic carbocycles. The fraction of sp³-hybridized carbons (Fsp3) is 0.243. The van der Waals surface area contributed by atoms with E-state index >= 15 is 0 Å². The van der Waals surface area contributed by atoms with Crippen molar-refractivity contribution in [3.8, 4) is 11.1 Å². The van der Waals surface area contributed by atoms with Gasteiger partial charge in [0.2, 0.25) is 12.3 Å². The number of hydrogen-bond donors (Lipinski definition) is 6. The van der Waals surface area contributed by atoms with Crippen LogP contribution in [-0.2, 0) is 25.7 Å². The van der Waals surface area contributed by atoms with E-state index in [1.807, 2.05) is 37.6 Å². The molecule has 1 aliphatic heterocycles. The number of benzene rings is 2. The van der Waals surface area contributed by atoms with Crippen molar-refractivity contribution in [2.24, 2.45) is 16.8 Å². The molecule has 8 N–H and O–H groups in total. The zero-order chi connectivity index (χ0) is 37.6. The maximum atomic E-state index is 13.1. The summed E-state index contributed by atoms with van der Waals surface area (Å²) in [4.78, 5) is 40.4. The number of aromatic nitrogens is 2. The van der Waals surface area contributed by atoms with Crippen molar-refractivity contribution in [2.45, 2.75) is 38.3 Å². The first-order valence-electron chi connectivity index (χ1n) is 16.4. The van der Waals surface area contributed by atoms with Crippen LogP contribution in [0.2, 0.25) is 5.02 Å². The van der Waals surface area contributed by atoms with Gasteiger partial charge in [0.05, 0.1) is 31.1 Å². The first-order chi connectivity index (χ1) is 25.3. The van der Waals surface area contributed by atoms with Crippen LogP contribution in [-0.4, -0.2) is 55.8 Å². The molecule has 2 bridgehead atoms. The molecular weight excluding hydrogens is 684 g/mol. The van der Waals surface area contributed by atoms with E-state index in [0.29, 0.717) is 35.7 Å². The zero-order valence-electron chi connectivity index (χ0n) is 29.2. The molecule has 52 heavy (non-hydrogen) atoms. The van der Waals surface area contributed by atoms with Gasteiger partial charge in [-0.1, -0.05) is 36.6 Å². The summed E-state index contributed by atoms with van der Waals surface area (Å²) >= 11 is 6.18. The van der Waals surface area contributed by atoms with Crippen LogP contribution in [0.3, 0.4) is 0 Å². The SMILES string of the molecule is CNc1ccc2c(c1)NCCCCC[C@H](NC(=O)/C=C/c1cc(Cl)ccc1N(N)/C=N\N)c1cncc-2c1.COC=O.O=CNCc1ccccn1. The van der Waals surface area contributed by atoms with Crippen LogP contribution in [0.25, 0.3) is 17.2 Å². The van der Waals surface area contributed by atoms with Crippen molar-refractivity contribution in [2.75, 3.05) is 36.3 Å². The van der Waals surface area contributed by atoms with Gasteiger partial charge in [-0.2, -0.15) is 5.10 Å². The highest BCUT2D eigenvalue weighted by molar-refractivity contribution is 6.30. The number of methoxy groups -OCH3 is 1. The lowest BCUT2D eigenvalue weighted by molar-refractivity contribution is -0.126. The highest BCUT2D eigenvalue weighted by Crippen LogP contribution is 2.33. The number of pyridine rings is 2. The van der Waals surface area contributed by atoms with Crippen molar-refractivity contribution >= 4 is 59.9 Å². The minimum absolute atomic E-state index is 0.179. The summed E-state index contributed by atoms with van der Waals surface area (Å²) in [6.45, 7) is 1.76. The molecule has 0 fully saturated rings. The van der Waals surface area contributed by atoms with Gasteiger partial charge in [0.1, 0.15) is 6.34 Å². The highest BCUT2D eigenvalue weighted by atomic mass is 35.5. The number of carbonyl (C=O) groups excluding carboxylic acids is 3. The Morgan fingerprint density at radius 2 is 1.94 bits per heavy atom. The highest BCUT2D eigenvalue weighted by Gasteiger charge is 2.17. The van der Waals surface area contributed by atoms with Gasteiger partial charge >= 0.3 is 0 Å². The monoisotopic (exact) mass is 728 g/mol. The summed E-state index contributed by atoms with van der Waals surface area (Å²) in [5.74, 6) is 11.0. The smallest absolute Gasteiger partial charge is 0.292 e. The fourth-order valence-corrected chi connectivity index (χ4v) is 5.33. The number of hydrazone groups is 1. The maximum Gasteiger partial charge on any atom is 0.292 e. The fourth-order valence-electron chi connectivity index (χ4n) is 5.15. The third-order valence-corrected chi connectivity index (χ3v) is 7.88. The number of hydrazine groups is 1. The van der Waals surface area contributed by atoms with Crippen LogP contribution in [0.4, 0.5) is 17.1 Å². The molecule has 1 aliphatic rings.